The summed E-state index contributed by atoms with van der Waals surface area (Å²) >= 11 is 0. The molecule has 0 fully saturated rings. The summed E-state index contributed by atoms with van der Waals surface area (Å²) in [4.78, 5) is 48.5. The van der Waals surface area contributed by atoms with Crippen molar-refractivity contribution in [2.75, 3.05) is 43.5 Å². The fourth-order valence-corrected chi connectivity index (χ4v) is 3.61. The first kappa shape index (κ1) is 19.6. The fourth-order valence-electron chi connectivity index (χ4n) is 3.61. The zero-order chi connectivity index (χ0) is 21.3. The Balaban J connectivity index is 1.60. The van der Waals surface area contributed by atoms with Crippen LogP contribution in [-0.4, -0.2) is 65.5 Å². The third kappa shape index (κ3) is 3.51. The number of benzene rings is 1. The number of nitrogens with zero attached hydrogens (tertiary/aromatic N) is 4. The Morgan fingerprint density at radius 3 is 2.87 bits per heavy atom. The number of hydrogen-bond donors (Lipinski definition) is 1. The van der Waals surface area contributed by atoms with Crippen LogP contribution in [0.1, 0.15) is 33.2 Å². The minimum Gasteiger partial charge on any atom is -0.475 e. The summed E-state index contributed by atoms with van der Waals surface area (Å²) in [5.74, 6) is -0.798. The highest BCUT2D eigenvalue weighted by Crippen LogP contribution is 2.30. The van der Waals surface area contributed by atoms with Gasteiger partial charge in [-0.25, -0.2) is 9.97 Å². The van der Waals surface area contributed by atoms with Crippen molar-refractivity contribution in [3.8, 4) is 5.88 Å². The van der Waals surface area contributed by atoms with Crippen molar-refractivity contribution in [3.63, 3.8) is 0 Å². The van der Waals surface area contributed by atoms with E-state index in [1.54, 1.807) is 24.0 Å². The van der Waals surface area contributed by atoms with E-state index in [0.29, 0.717) is 30.8 Å². The first-order chi connectivity index (χ1) is 14.5. The van der Waals surface area contributed by atoms with Gasteiger partial charge in [0, 0.05) is 17.8 Å². The van der Waals surface area contributed by atoms with Crippen molar-refractivity contribution >= 4 is 29.3 Å². The Labute approximate surface area is 172 Å². The lowest BCUT2D eigenvalue weighted by atomic mass is 9.97. The Hall–Kier alpha value is -3.69. The molecule has 0 bridgehead atoms. The molecular formula is C20H21N5O5. The topological polar surface area (TPSA) is 128 Å². The number of esters is 1. The summed E-state index contributed by atoms with van der Waals surface area (Å²) in [6.45, 7) is 2.86. The van der Waals surface area contributed by atoms with E-state index in [-0.39, 0.29) is 48.8 Å². The van der Waals surface area contributed by atoms with Gasteiger partial charge in [-0.05, 0) is 37.1 Å². The number of fused-ring (bicyclic) bond motifs is 2. The van der Waals surface area contributed by atoms with Crippen molar-refractivity contribution in [1.82, 2.24) is 14.9 Å². The van der Waals surface area contributed by atoms with E-state index in [2.05, 4.69) is 9.97 Å². The van der Waals surface area contributed by atoms with Gasteiger partial charge >= 0.3 is 5.97 Å². The van der Waals surface area contributed by atoms with E-state index in [1.165, 1.54) is 11.2 Å². The molecule has 30 heavy (non-hydrogen) atoms. The van der Waals surface area contributed by atoms with Gasteiger partial charge in [0.05, 0.1) is 13.2 Å². The van der Waals surface area contributed by atoms with Crippen molar-refractivity contribution < 1.29 is 23.9 Å². The first-order valence-corrected chi connectivity index (χ1v) is 9.62. The molecule has 2 N–H and O–H groups in total. The highest BCUT2D eigenvalue weighted by atomic mass is 16.5. The van der Waals surface area contributed by atoms with Crippen LogP contribution in [0.4, 0.5) is 11.5 Å². The summed E-state index contributed by atoms with van der Waals surface area (Å²) in [5, 5.41) is 0. The molecule has 1 aromatic heterocycles. The number of rotatable bonds is 4. The smallest absolute Gasteiger partial charge is 0.325 e. The molecule has 4 rings (SSSR count). The molecule has 156 valence electrons. The van der Waals surface area contributed by atoms with Gasteiger partial charge in [-0.1, -0.05) is 0 Å². The van der Waals surface area contributed by atoms with Gasteiger partial charge in [-0.3, -0.25) is 14.4 Å². The Morgan fingerprint density at radius 1 is 1.23 bits per heavy atom. The van der Waals surface area contributed by atoms with Crippen LogP contribution >= 0.6 is 0 Å². The normalized spacial score (nSPS) is 15.8. The number of carbonyl (C=O) groups excluding carboxylic acids is 3. The minimum atomic E-state index is -0.431. The number of anilines is 2. The van der Waals surface area contributed by atoms with E-state index < -0.39 is 5.97 Å². The second-order valence-corrected chi connectivity index (χ2v) is 6.87. The largest absolute Gasteiger partial charge is 0.475 e. The van der Waals surface area contributed by atoms with Crippen LogP contribution in [0.2, 0.25) is 0 Å². The van der Waals surface area contributed by atoms with Gasteiger partial charge in [0.15, 0.2) is 0 Å². The van der Waals surface area contributed by atoms with Crippen molar-refractivity contribution in [2.45, 2.75) is 13.3 Å². The average Bonchev–Trinajstić information content (AvgIpc) is 2.90. The summed E-state index contributed by atoms with van der Waals surface area (Å²) in [7, 11) is 0. The van der Waals surface area contributed by atoms with Gasteiger partial charge in [0.2, 0.25) is 5.88 Å². The number of aromatic nitrogens is 2. The summed E-state index contributed by atoms with van der Waals surface area (Å²) in [6.07, 6.45) is 1.82. The SMILES string of the molecule is CCOC(=O)CN1CCc2cc(N3CCOc4ncnc(N)c4C3=O)ccc2C1=O. The van der Waals surface area contributed by atoms with E-state index >= 15 is 0 Å². The van der Waals surface area contributed by atoms with Crippen LogP contribution in [0.25, 0.3) is 0 Å². The maximum Gasteiger partial charge on any atom is 0.325 e. The number of carbonyl (C=O) groups is 3. The number of nitrogens with two attached hydrogens (primary N) is 1. The average molecular weight is 411 g/mol. The molecule has 0 spiro atoms. The highest BCUT2D eigenvalue weighted by molar-refractivity contribution is 6.11. The van der Waals surface area contributed by atoms with Gasteiger partial charge in [-0.15, -0.1) is 0 Å². The molecule has 0 saturated heterocycles. The maximum absolute atomic E-state index is 13.1. The van der Waals surface area contributed by atoms with Crippen LogP contribution in [0.5, 0.6) is 5.88 Å². The number of ether oxygens (including phenoxy) is 2. The molecular weight excluding hydrogens is 390 g/mol. The summed E-state index contributed by atoms with van der Waals surface area (Å²) in [6, 6.07) is 5.19. The molecule has 10 heteroatoms. The molecule has 0 saturated carbocycles. The predicted molar refractivity (Wildman–Crippen MR) is 106 cm³/mol. The lowest BCUT2D eigenvalue weighted by Crippen LogP contribution is -2.41. The van der Waals surface area contributed by atoms with Crippen LogP contribution in [0.15, 0.2) is 24.5 Å². The standard InChI is InChI=1S/C20H21N5O5/c1-2-29-15(26)10-24-6-5-12-9-13(3-4-14(12)19(24)27)25-7-8-30-18-16(20(25)28)17(21)22-11-23-18/h3-4,9,11H,2,5-8,10H2,1H3,(H2,21,22,23). The van der Waals surface area contributed by atoms with Gasteiger partial charge < -0.3 is 25.0 Å². The number of hydrogen-bond acceptors (Lipinski definition) is 8. The molecule has 0 unspecified atom stereocenters. The second kappa shape index (κ2) is 7.97. The molecule has 0 radical (unpaired) electrons. The molecule has 2 aromatic rings. The molecule has 0 atom stereocenters. The predicted octanol–water partition coefficient (Wildman–Crippen LogP) is 0.659. The van der Waals surface area contributed by atoms with E-state index in [0.717, 1.165) is 5.56 Å². The molecule has 3 heterocycles. The molecule has 10 nitrogen and oxygen atoms in total. The van der Waals surface area contributed by atoms with Crippen LogP contribution in [0.3, 0.4) is 0 Å². The molecule has 1 aromatic carbocycles. The van der Waals surface area contributed by atoms with E-state index in [1.807, 2.05) is 6.07 Å². The van der Waals surface area contributed by atoms with Crippen LogP contribution < -0.4 is 15.4 Å². The monoisotopic (exact) mass is 411 g/mol. The summed E-state index contributed by atoms with van der Waals surface area (Å²) < 4.78 is 10.5. The zero-order valence-corrected chi connectivity index (χ0v) is 16.5. The van der Waals surface area contributed by atoms with Gasteiger partial charge in [-0.2, -0.15) is 0 Å². The van der Waals surface area contributed by atoms with E-state index in [9.17, 15) is 14.4 Å². The van der Waals surface area contributed by atoms with Gasteiger partial charge in [0.25, 0.3) is 11.8 Å². The Bertz CT molecular complexity index is 1020. The quantitative estimate of drug-likeness (QED) is 0.727. The molecule has 2 aliphatic heterocycles. The molecule has 2 aliphatic rings. The minimum absolute atomic E-state index is 0.0552. The molecule has 2 amide bonds. The Morgan fingerprint density at radius 2 is 2.07 bits per heavy atom. The highest BCUT2D eigenvalue weighted by Gasteiger charge is 2.31. The van der Waals surface area contributed by atoms with Crippen molar-refractivity contribution in [2.24, 2.45) is 0 Å². The lowest BCUT2D eigenvalue weighted by Gasteiger charge is -2.29. The zero-order valence-electron chi connectivity index (χ0n) is 16.5. The van der Waals surface area contributed by atoms with Crippen LogP contribution in [0, 0.1) is 0 Å². The maximum atomic E-state index is 13.1. The molecule has 0 aliphatic carbocycles. The number of amides is 2. The van der Waals surface area contributed by atoms with Crippen molar-refractivity contribution in [3.05, 3.63) is 41.2 Å². The second-order valence-electron chi connectivity index (χ2n) is 6.87. The first-order valence-electron chi connectivity index (χ1n) is 9.62. The lowest BCUT2D eigenvalue weighted by molar-refractivity contribution is -0.143. The fraction of sp³-hybridized carbons (Fsp3) is 0.350. The van der Waals surface area contributed by atoms with Gasteiger partial charge in [0.1, 0.15) is 30.9 Å². The van der Waals surface area contributed by atoms with Crippen LogP contribution in [-0.2, 0) is 16.0 Å². The Kier molecular flexibility index (Phi) is 5.21. The number of nitrogen functional groups attached to an aromatic ring is 1. The third-order valence-electron chi connectivity index (χ3n) is 5.05. The van der Waals surface area contributed by atoms with Crippen molar-refractivity contribution in [1.29, 1.82) is 0 Å². The van der Waals surface area contributed by atoms with E-state index in [4.69, 9.17) is 15.2 Å². The summed E-state index contributed by atoms with van der Waals surface area (Å²) in [5.41, 5.74) is 7.96. The third-order valence-corrected chi connectivity index (χ3v) is 5.05.